The number of carbonyl (C=O) groups excluding carboxylic acids is 2. The van der Waals surface area contributed by atoms with Gasteiger partial charge in [-0.2, -0.15) is 8.42 Å². The molecule has 0 spiro atoms. The zero-order valence-corrected chi connectivity index (χ0v) is 18.7. The fourth-order valence-corrected chi connectivity index (χ4v) is 4.45. The molecule has 0 saturated carbocycles. The smallest absolute Gasteiger partial charge is 0.302 e. The molecule has 1 aromatic heterocycles. The first-order chi connectivity index (χ1) is 15.5. The van der Waals surface area contributed by atoms with Crippen molar-refractivity contribution in [2.45, 2.75) is 37.6 Å². The Morgan fingerprint density at radius 3 is 2.73 bits per heavy atom. The van der Waals surface area contributed by atoms with Gasteiger partial charge in [0.1, 0.15) is 5.75 Å². The molecule has 1 atom stereocenters. The number of pyridine rings is 1. The summed E-state index contributed by atoms with van der Waals surface area (Å²) in [5.41, 5.74) is 0.798. The number of fused-ring (bicyclic) bond motifs is 1. The van der Waals surface area contributed by atoms with Crippen LogP contribution in [0.3, 0.4) is 0 Å². The number of halogens is 3. The van der Waals surface area contributed by atoms with Gasteiger partial charge in [-0.15, -0.1) is 3.89 Å². The average Bonchev–Trinajstić information content (AvgIpc) is 3.07. The van der Waals surface area contributed by atoms with Gasteiger partial charge >= 0.3 is 10.2 Å². The lowest BCUT2D eigenvalue weighted by Gasteiger charge is -2.24. The summed E-state index contributed by atoms with van der Waals surface area (Å²) in [6, 6.07) is 5.66. The Balaban J connectivity index is 1.64. The van der Waals surface area contributed by atoms with Crippen molar-refractivity contribution in [3.8, 4) is 5.75 Å². The van der Waals surface area contributed by atoms with E-state index >= 15 is 0 Å². The van der Waals surface area contributed by atoms with Gasteiger partial charge < -0.3 is 15.0 Å². The normalized spacial score (nSPS) is 17.8. The van der Waals surface area contributed by atoms with Crippen LogP contribution in [0.15, 0.2) is 30.5 Å². The zero-order valence-electron chi connectivity index (χ0n) is 17.9. The van der Waals surface area contributed by atoms with Crippen LogP contribution >= 0.6 is 0 Å². The van der Waals surface area contributed by atoms with Gasteiger partial charge in [-0.3, -0.25) is 14.6 Å². The Morgan fingerprint density at radius 2 is 2.03 bits per heavy atom. The predicted octanol–water partition coefficient (Wildman–Crippen LogP) is 2.68. The lowest BCUT2D eigenvalue weighted by atomic mass is 10.1. The van der Waals surface area contributed by atoms with Crippen LogP contribution in [0.1, 0.15) is 36.0 Å². The molecular formula is C21H24F3N3O5S. The van der Waals surface area contributed by atoms with Gasteiger partial charge in [-0.05, 0) is 37.1 Å². The fourth-order valence-electron chi connectivity index (χ4n) is 3.90. The molecule has 2 amide bonds. The van der Waals surface area contributed by atoms with Gasteiger partial charge in [0.15, 0.2) is 0 Å². The molecule has 180 valence electrons. The minimum Gasteiger partial charge on any atom is -0.497 e. The maximum atomic E-state index is 14.0. The van der Waals surface area contributed by atoms with Crippen LogP contribution in [-0.4, -0.2) is 68.0 Å². The molecule has 0 aliphatic carbocycles. The Labute approximate surface area is 189 Å². The average molecular weight is 488 g/mol. The maximum Gasteiger partial charge on any atom is 0.302 e. The van der Waals surface area contributed by atoms with Crippen LogP contribution < -0.4 is 10.1 Å². The molecule has 3 rings (SSSR count). The second kappa shape index (κ2) is 9.94. The Hall–Kier alpha value is -2.89. The summed E-state index contributed by atoms with van der Waals surface area (Å²) in [6.45, 7) is -1.28. The van der Waals surface area contributed by atoms with Crippen molar-refractivity contribution in [1.82, 2.24) is 15.2 Å². The second-order valence-electron chi connectivity index (χ2n) is 7.90. The quantitative estimate of drug-likeness (QED) is 0.431. The third-order valence-corrected chi connectivity index (χ3v) is 6.24. The lowest BCUT2D eigenvalue weighted by Crippen LogP contribution is -2.43. The summed E-state index contributed by atoms with van der Waals surface area (Å²) in [4.78, 5) is 30.5. The van der Waals surface area contributed by atoms with E-state index in [-0.39, 0.29) is 24.8 Å². The molecule has 12 heteroatoms. The highest BCUT2D eigenvalue weighted by Crippen LogP contribution is 2.34. The van der Waals surface area contributed by atoms with E-state index < -0.39 is 59.3 Å². The fraction of sp³-hybridized carbons (Fsp3) is 0.476. The number of hydrogen-bond acceptors (Lipinski definition) is 6. The molecule has 1 N–H and O–H groups in total. The molecule has 2 heterocycles. The molecule has 0 bridgehead atoms. The number of unbranched alkanes of at least 4 members (excludes halogenated alkanes) is 1. The Kier molecular flexibility index (Phi) is 7.45. The Morgan fingerprint density at radius 1 is 1.27 bits per heavy atom. The van der Waals surface area contributed by atoms with Crippen molar-refractivity contribution in [1.29, 1.82) is 0 Å². The highest BCUT2D eigenvalue weighted by atomic mass is 32.3. The number of rotatable bonds is 9. The number of carbonyl (C=O) groups is 2. The van der Waals surface area contributed by atoms with Crippen molar-refractivity contribution < 1.29 is 35.4 Å². The van der Waals surface area contributed by atoms with Crippen molar-refractivity contribution in [3.05, 3.63) is 36.0 Å². The van der Waals surface area contributed by atoms with Gasteiger partial charge in [0, 0.05) is 24.0 Å². The number of nitrogens with zero attached hydrogens (tertiary/aromatic N) is 2. The van der Waals surface area contributed by atoms with E-state index in [0.29, 0.717) is 16.7 Å². The van der Waals surface area contributed by atoms with Crippen LogP contribution in [0.4, 0.5) is 12.7 Å². The summed E-state index contributed by atoms with van der Waals surface area (Å²) >= 11 is 0. The van der Waals surface area contributed by atoms with E-state index in [1.807, 2.05) is 0 Å². The molecule has 1 aliphatic heterocycles. The Bertz CT molecular complexity index is 1140. The predicted molar refractivity (Wildman–Crippen MR) is 114 cm³/mol. The molecule has 1 aromatic carbocycles. The lowest BCUT2D eigenvalue weighted by molar-refractivity contribution is -0.132. The summed E-state index contributed by atoms with van der Waals surface area (Å²) in [5, 5.41) is 2.98. The highest BCUT2D eigenvalue weighted by Gasteiger charge is 2.46. The first-order valence-corrected chi connectivity index (χ1v) is 11.8. The minimum atomic E-state index is -4.63. The van der Waals surface area contributed by atoms with Crippen molar-refractivity contribution >= 4 is 32.9 Å². The standard InChI is InChI=1S/C21H24F3N3O5S/c1-32-15-5-6-18-17(10-15)16(7-8-25-18)20(29)26-12-19(28)27-13-21(22,23)11-14(27)4-2-3-9-33(24,30)31/h5-8,10,14H,2-4,9,11-13H2,1H3,(H,26,29). The first kappa shape index (κ1) is 24.7. The second-order valence-corrected chi connectivity index (χ2v) is 9.38. The molecule has 1 saturated heterocycles. The van der Waals surface area contributed by atoms with Crippen molar-refractivity contribution in [2.75, 3.05) is 26.0 Å². The SMILES string of the molecule is COc1ccc2nccc(C(=O)NCC(=O)N3CC(F)(F)CC3CCCCS(=O)(=O)F)c2c1. The first-order valence-electron chi connectivity index (χ1n) is 10.3. The number of amides is 2. The van der Waals surface area contributed by atoms with Gasteiger partial charge in [0.25, 0.3) is 11.8 Å². The van der Waals surface area contributed by atoms with Crippen LogP contribution in [0.25, 0.3) is 10.9 Å². The molecule has 8 nitrogen and oxygen atoms in total. The van der Waals surface area contributed by atoms with Gasteiger partial charge in [-0.1, -0.05) is 6.42 Å². The highest BCUT2D eigenvalue weighted by molar-refractivity contribution is 7.86. The van der Waals surface area contributed by atoms with E-state index in [1.165, 1.54) is 19.4 Å². The van der Waals surface area contributed by atoms with Gasteiger partial charge in [0.2, 0.25) is 5.91 Å². The van der Waals surface area contributed by atoms with E-state index in [0.717, 1.165) is 4.90 Å². The number of likely N-dealkylation sites (tertiary alicyclic amines) is 1. The summed E-state index contributed by atoms with van der Waals surface area (Å²) in [7, 11) is -3.14. The van der Waals surface area contributed by atoms with E-state index in [4.69, 9.17) is 4.74 Å². The van der Waals surface area contributed by atoms with E-state index in [9.17, 15) is 30.7 Å². The van der Waals surface area contributed by atoms with E-state index in [1.54, 1.807) is 18.2 Å². The summed E-state index contributed by atoms with van der Waals surface area (Å²) in [6.07, 6.45) is 1.13. The van der Waals surface area contributed by atoms with Crippen molar-refractivity contribution in [2.24, 2.45) is 0 Å². The summed E-state index contributed by atoms with van der Waals surface area (Å²) < 4.78 is 66.9. The van der Waals surface area contributed by atoms with Gasteiger partial charge in [-0.25, -0.2) is 8.78 Å². The van der Waals surface area contributed by atoms with E-state index in [2.05, 4.69) is 10.3 Å². The molecule has 1 aliphatic rings. The number of nitrogens with one attached hydrogen (secondary N) is 1. The van der Waals surface area contributed by atoms with Crippen LogP contribution in [0, 0.1) is 0 Å². The number of aromatic nitrogens is 1. The van der Waals surface area contributed by atoms with Crippen molar-refractivity contribution in [3.63, 3.8) is 0 Å². The number of benzene rings is 1. The van der Waals surface area contributed by atoms with Crippen LogP contribution in [-0.2, 0) is 15.0 Å². The monoisotopic (exact) mass is 487 g/mol. The summed E-state index contributed by atoms with van der Waals surface area (Å²) in [5.74, 6) is -4.51. The largest absolute Gasteiger partial charge is 0.497 e. The number of methoxy groups -OCH3 is 1. The van der Waals surface area contributed by atoms with Crippen LogP contribution in [0.2, 0.25) is 0 Å². The molecule has 0 radical (unpaired) electrons. The molecule has 1 fully saturated rings. The third kappa shape index (κ3) is 6.56. The topological polar surface area (TPSA) is 106 Å². The molecule has 1 unspecified atom stereocenters. The number of alkyl halides is 2. The van der Waals surface area contributed by atoms with Crippen LogP contribution in [0.5, 0.6) is 5.75 Å². The third-order valence-electron chi connectivity index (χ3n) is 5.47. The zero-order chi connectivity index (χ0) is 24.2. The molecule has 33 heavy (non-hydrogen) atoms. The minimum absolute atomic E-state index is 0.0295. The van der Waals surface area contributed by atoms with Gasteiger partial charge in [0.05, 0.1) is 37.0 Å². The molecule has 2 aromatic rings. The molecular weight excluding hydrogens is 463 g/mol. The maximum absolute atomic E-state index is 14.0. The number of ether oxygens (including phenoxy) is 1. The number of hydrogen-bond donors (Lipinski definition) is 1.